The van der Waals surface area contributed by atoms with E-state index in [1.807, 2.05) is 6.92 Å². The van der Waals surface area contributed by atoms with Gasteiger partial charge in [0.2, 0.25) is 0 Å². The van der Waals surface area contributed by atoms with Gasteiger partial charge in [0.1, 0.15) is 0 Å². The number of halogens is 1. The van der Waals surface area contributed by atoms with Crippen molar-refractivity contribution in [3.05, 3.63) is 27.1 Å². The molecule has 0 bridgehead atoms. The summed E-state index contributed by atoms with van der Waals surface area (Å²) in [7, 11) is 3.19. The summed E-state index contributed by atoms with van der Waals surface area (Å²) >= 11 is 4.71. The number of aliphatic imine (C=N–C) groups is 1. The SMILES string of the molecule is CCN=C1S/C(=C\c2cc(OC)c(O)cc2Br)C(=O)N1C. The number of nitrogens with zero attached hydrogens (tertiary/aromatic N) is 2. The van der Waals surface area contributed by atoms with Crippen molar-refractivity contribution in [2.45, 2.75) is 6.92 Å². The summed E-state index contributed by atoms with van der Waals surface area (Å²) in [4.78, 5) is 18.6. The number of thioether (sulfide) groups is 1. The molecule has 0 radical (unpaired) electrons. The van der Waals surface area contributed by atoms with E-state index in [-0.39, 0.29) is 11.7 Å². The Bertz CT molecular complexity index is 643. The number of rotatable bonds is 3. The molecule has 1 saturated heterocycles. The van der Waals surface area contributed by atoms with Gasteiger partial charge in [-0.3, -0.25) is 14.7 Å². The maximum Gasteiger partial charge on any atom is 0.266 e. The number of methoxy groups -OCH3 is 1. The lowest BCUT2D eigenvalue weighted by Crippen LogP contribution is -2.24. The van der Waals surface area contributed by atoms with Gasteiger partial charge in [-0.05, 0) is 42.5 Å². The van der Waals surface area contributed by atoms with Crippen LogP contribution >= 0.6 is 27.7 Å². The van der Waals surface area contributed by atoms with E-state index in [4.69, 9.17) is 4.74 Å². The molecule has 1 heterocycles. The van der Waals surface area contributed by atoms with E-state index in [0.717, 1.165) is 5.56 Å². The van der Waals surface area contributed by atoms with Gasteiger partial charge in [0, 0.05) is 18.1 Å². The summed E-state index contributed by atoms with van der Waals surface area (Å²) in [5.41, 5.74) is 0.756. The van der Waals surface area contributed by atoms with Crippen LogP contribution in [0.25, 0.3) is 6.08 Å². The third-order valence-corrected chi connectivity index (χ3v) is 4.67. The molecule has 0 atom stereocenters. The number of ether oxygens (including phenoxy) is 1. The molecule has 5 nitrogen and oxygen atoms in total. The number of phenolic OH excluding ortho intramolecular Hbond substituents is 1. The van der Waals surface area contributed by atoms with E-state index in [1.54, 1.807) is 25.3 Å². The highest BCUT2D eigenvalue weighted by Gasteiger charge is 2.30. The van der Waals surface area contributed by atoms with Gasteiger partial charge in [0.25, 0.3) is 5.91 Å². The van der Waals surface area contributed by atoms with Gasteiger partial charge in [-0.25, -0.2) is 0 Å². The van der Waals surface area contributed by atoms with Gasteiger partial charge in [0.15, 0.2) is 16.7 Å². The number of benzene rings is 1. The fourth-order valence-electron chi connectivity index (χ4n) is 1.80. The number of carbonyl (C=O) groups excluding carboxylic acids is 1. The molecule has 1 amide bonds. The number of aromatic hydroxyl groups is 1. The molecule has 2 rings (SSSR count). The Hall–Kier alpha value is -1.47. The minimum atomic E-state index is -0.0915. The van der Waals surface area contributed by atoms with Crippen molar-refractivity contribution in [3.8, 4) is 11.5 Å². The van der Waals surface area contributed by atoms with Gasteiger partial charge in [0.05, 0.1) is 12.0 Å². The summed E-state index contributed by atoms with van der Waals surface area (Å²) < 4.78 is 5.77. The topological polar surface area (TPSA) is 62.1 Å². The first-order valence-electron chi connectivity index (χ1n) is 6.26. The van der Waals surface area contributed by atoms with E-state index in [1.165, 1.54) is 23.8 Å². The molecule has 21 heavy (non-hydrogen) atoms. The molecule has 1 fully saturated rings. The molecular formula is C14H15BrN2O3S. The van der Waals surface area contributed by atoms with Crippen LogP contribution in [0.3, 0.4) is 0 Å². The molecule has 1 aliphatic heterocycles. The molecule has 1 aromatic carbocycles. The van der Waals surface area contributed by atoms with Gasteiger partial charge in [-0.2, -0.15) is 0 Å². The molecule has 0 spiro atoms. The van der Waals surface area contributed by atoms with Crippen LogP contribution in [-0.4, -0.2) is 41.8 Å². The van der Waals surface area contributed by atoms with Crippen LogP contribution in [0.15, 0.2) is 26.5 Å². The number of amidine groups is 1. The van der Waals surface area contributed by atoms with Gasteiger partial charge < -0.3 is 9.84 Å². The Morgan fingerprint density at radius 3 is 2.86 bits per heavy atom. The predicted molar refractivity (Wildman–Crippen MR) is 88.7 cm³/mol. The lowest BCUT2D eigenvalue weighted by atomic mass is 10.2. The smallest absolute Gasteiger partial charge is 0.266 e. The molecule has 0 unspecified atom stereocenters. The predicted octanol–water partition coefficient (Wildman–Crippen LogP) is 3.09. The molecule has 1 aliphatic rings. The van der Waals surface area contributed by atoms with Crippen molar-refractivity contribution in [1.82, 2.24) is 4.90 Å². The Balaban J connectivity index is 2.41. The molecule has 112 valence electrons. The largest absolute Gasteiger partial charge is 0.504 e. The van der Waals surface area contributed by atoms with Crippen molar-refractivity contribution in [2.24, 2.45) is 4.99 Å². The Morgan fingerprint density at radius 1 is 1.52 bits per heavy atom. The zero-order valence-electron chi connectivity index (χ0n) is 11.9. The minimum Gasteiger partial charge on any atom is -0.504 e. The van der Waals surface area contributed by atoms with Crippen molar-refractivity contribution < 1.29 is 14.6 Å². The van der Waals surface area contributed by atoms with Crippen molar-refractivity contribution in [2.75, 3.05) is 20.7 Å². The summed E-state index contributed by atoms with van der Waals surface area (Å²) in [6, 6.07) is 3.22. The van der Waals surface area contributed by atoms with Crippen LogP contribution in [0, 0.1) is 0 Å². The first-order valence-corrected chi connectivity index (χ1v) is 7.87. The van der Waals surface area contributed by atoms with Gasteiger partial charge >= 0.3 is 0 Å². The summed E-state index contributed by atoms with van der Waals surface area (Å²) in [6.07, 6.45) is 1.76. The molecule has 0 aliphatic carbocycles. The average Bonchev–Trinajstić information content (AvgIpc) is 2.70. The second kappa shape index (κ2) is 6.53. The van der Waals surface area contributed by atoms with Crippen LogP contribution in [0.2, 0.25) is 0 Å². The van der Waals surface area contributed by atoms with Crippen LogP contribution in [0.5, 0.6) is 11.5 Å². The van der Waals surface area contributed by atoms with Crippen LogP contribution in [0.1, 0.15) is 12.5 Å². The summed E-state index contributed by atoms with van der Waals surface area (Å²) in [5, 5.41) is 10.4. The molecule has 0 aromatic heterocycles. The van der Waals surface area contributed by atoms with Crippen molar-refractivity contribution in [1.29, 1.82) is 0 Å². The minimum absolute atomic E-state index is 0.0438. The summed E-state index contributed by atoms with van der Waals surface area (Å²) in [5.74, 6) is 0.310. The lowest BCUT2D eigenvalue weighted by molar-refractivity contribution is -0.121. The highest BCUT2D eigenvalue weighted by Crippen LogP contribution is 2.37. The standard InChI is InChI=1S/C14H15BrN2O3S/c1-4-16-14-17(2)13(19)12(21-14)6-8-5-11(20-3)10(18)7-9(8)15/h5-7,18H,4H2,1-3H3/b12-6-,16-14?. The van der Waals surface area contributed by atoms with Gasteiger partial charge in [-0.15, -0.1) is 0 Å². The fourth-order valence-corrected chi connectivity index (χ4v) is 3.27. The van der Waals surface area contributed by atoms with E-state index in [2.05, 4.69) is 20.9 Å². The first-order chi connectivity index (χ1) is 9.97. The fraction of sp³-hybridized carbons (Fsp3) is 0.286. The second-order valence-corrected chi connectivity index (χ2v) is 6.14. The molecule has 1 N–H and O–H groups in total. The highest BCUT2D eigenvalue weighted by molar-refractivity contribution is 9.10. The van der Waals surface area contributed by atoms with Gasteiger partial charge in [-0.1, -0.05) is 15.9 Å². The number of hydrogen-bond donors (Lipinski definition) is 1. The number of phenols is 1. The zero-order valence-corrected chi connectivity index (χ0v) is 14.3. The Morgan fingerprint density at radius 2 is 2.24 bits per heavy atom. The van der Waals surface area contributed by atoms with Crippen molar-refractivity contribution in [3.63, 3.8) is 0 Å². The molecule has 7 heteroatoms. The maximum atomic E-state index is 12.2. The average molecular weight is 371 g/mol. The van der Waals surface area contributed by atoms with Crippen LogP contribution < -0.4 is 4.74 Å². The Labute approximate surface area is 135 Å². The van der Waals surface area contributed by atoms with Crippen LogP contribution in [0.4, 0.5) is 0 Å². The third kappa shape index (κ3) is 3.24. The molecule has 0 saturated carbocycles. The normalized spacial score (nSPS) is 18.9. The number of likely N-dealkylation sites (N-methyl/N-ethyl adjacent to an activating group) is 1. The lowest BCUT2D eigenvalue weighted by Gasteiger charge is -2.07. The number of carbonyl (C=O) groups is 1. The monoisotopic (exact) mass is 370 g/mol. The zero-order chi connectivity index (χ0) is 15.6. The Kier molecular flexibility index (Phi) is 4.95. The molecule has 1 aromatic rings. The first kappa shape index (κ1) is 15.9. The molecular weight excluding hydrogens is 356 g/mol. The second-order valence-electron chi connectivity index (χ2n) is 4.28. The maximum absolute atomic E-state index is 12.2. The third-order valence-electron chi connectivity index (χ3n) is 2.88. The van der Waals surface area contributed by atoms with Crippen molar-refractivity contribution >= 4 is 44.8 Å². The summed E-state index contributed by atoms with van der Waals surface area (Å²) in [6.45, 7) is 2.55. The van der Waals surface area contributed by atoms with E-state index in [9.17, 15) is 9.90 Å². The quantitative estimate of drug-likeness (QED) is 0.830. The van der Waals surface area contributed by atoms with E-state index >= 15 is 0 Å². The number of hydrogen-bond acceptors (Lipinski definition) is 5. The number of amides is 1. The highest BCUT2D eigenvalue weighted by atomic mass is 79.9. The van der Waals surface area contributed by atoms with Crippen LogP contribution in [-0.2, 0) is 4.79 Å². The van der Waals surface area contributed by atoms with E-state index in [0.29, 0.717) is 26.8 Å². The van der Waals surface area contributed by atoms with E-state index < -0.39 is 0 Å².